The zero-order chi connectivity index (χ0) is 20.9. The van der Waals surface area contributed by atoms with E-state index in [9.17, 15) is 13.2 Å². The van der Waals surface area contributed by atoms with Gasteiger partial charge in [0.2, 0.25) is 0 Å². The molecule has 1 fully saturated rings. The van der Waals surface area contributed by atoms with Crippen LogP contribution in [0.2, 0.25) is 0 Å². The van der Waals surface area contributed by atoms with E-state index in [-0.39, 0.29) is 47.9 Å². The summed E-state index contributed by atoms with van der Waals surface area (Å²) in [6.07, 6.45) is -3.07. The molecular weight excluding hydrogens is 512 g/mol. The first-order valence-electron chi connectivity index (χ1n) is 9.10. The van der Waals surface area contributed by atoms with Crippen molar-refractivity contribution < 1.29 is 17.9 Å². The Morgan fingerprint density at radius 1 is 1.20 bits per heavy atom. The van der Waals surface area contributed by atoms with Crippen LogP contribution in [-0.2, 0) is 6.54 Å². The fourth-order valence-electron chi connectivity index (χ4n) is 2.90. The Labute approximate surface area is 190 Å². The smallest absolute Gasteiger partial charge is 0.404 e. The second-order valence-corrected chi connectivity index (χ2v) is 6.68. The molecule has 2 aromatic rings. The third-order valence-corrected chi connectivity index (χ3v) is 4.44. The van der Waals surface area contributed by atoms with Crippen LogP contribution in [0.25, 0.3) is 0 Å². The molecule has 0 radical (unpaired) electrons. The normalized spacial score (nSPS) is 15.5. The molecule has 0 unspecified atom stereocenters. The number of nitrogens with two attached hydrogens (primary N) is 1. The Bertz CT molecular complexity index is 856. The Balaban J connectivity index is 0.00000320. The lowest BCUT2D eigenvalue weighted by atomic mass is 10.2. The number of alkyl halides is 3. The Kier molecular flexibility index (Phi) is 8.53. The van der Waals surface area contributed by atoms with Crippen LogP contribution in [0, 0.1) is 0 Å². The van der Waals surface area contributed by atoms with Crippen molar-refractivity contribution in [2.75, 3.05) is 43.4 Å². The zero-order valence-electron chi connectivity index (χ0n) is 16.4. The summed E-state index contributed by atoms with van der Waals surface area (Å²) in [6, 6.07) is 9.43. The van der Waals surface area contributed by atoms with Crippen molar-refractivity contribution in [1.29, 1.82) is 0 Å². The van der Waals surface area contributed by atoms with Gasteiger partial charge >= 0.3 is 6.36 Å². The van der Waals surface area contributed by atoms with Crippen molar-refractivity contribution in [3.8, 4) is 5.75 Å². The molecular formula is C19H24F3IN6O. The summed E-state index contributed by atoms with van der Waals surface area (Å²) in [5.41, 5.74) is 6.84. The fourth-order valence-corrected chi connectivity index (χ4v) is 2.90. The highest BCUT2D eigenvalue weighted by atomic mass is 127. The zero-order valence-corrected chi connectivity index (χ0v) is 18.7. The molecule has 0 bridgehead atoms. The van der Waals surface area contributed by atoms with Gasteiger partial charge in [-0.2, -0.15) is 0 Å². The van der Waals surface area contributed by atoms with Crippen molar-refractivity contribution in [3.63, 3.8) is 0 Å². The minimum absolute atomic E-state index is 0. The van der Waals surface area contributed by atoms with E-state index >= 15 is 0 Å². The Morgan fingerprint density at radius 2 is 1.90 bits per heavy atom. The van der Waals surface area contributed by atoms with E-state index in [4.69, 9.17) is 5.73 Å². The third-order valence-electron chi connectivity index (χ3n) is 4.44. The number of pyridine rings is 1. The number of piperazine rings is 1. The first-order chi connectivity index (χ1) is 13.8. The fraction of sp³-hybridized carbons (Fsp3) is 0.368. The summed E-state index contributed by atoms with van der Waals surface area (Å²) in [7, 11) is 2.09. The molecule has 0 saturated carbocycles. The molecule has 7 nitrogen and oxygen atoms in total. The van der Waals surface area contributed by atoms with Gasteiger partial charge in [-0.1, -0.05) is 12.1 Å². The van der Waals surface area contributed by atoms with Gasteiger partial charge in [0, 0.05) is 32.4 Å². The second-order valence-electron chi connectivity index (χ2n) is 6.68. The molecule has 3 rings (SSSR count). The number of nitrogens with one attached hydrogen (secondary N) is 1. The van der Waals surface area contributed by atoms with Crippen LogP contribution in [0.1, 0.15) is 5.56 Å². The minimum atomic E-state index is -4.79. The van der Waals surface area contributed by atoms with Crippen molar-refractivity contribution in [2.24, 2.45) is 10.7 Å². The molecule has 30 heavy (non-hydrogen) atoms. The molecule has 1 aliphatic heterocycles. The maximum Gasteiger partial charge on any atom is 0.573 e. The number of hydrogen-bond donors (Lipinski definition) is 2. The number of guanidine groups is 1. The van der Waals surface area contributed by atoms with Gasteiger partial charge in [0.1, 0.15) is 5.82 Å². The Morgan fingerprint density at radius 3 is 2.60 bits per heavy atom. The first kappa shape index (κ1) is 24.0. The van der Waals surface area contributed by atoms with Crippen LogP contribution in [0.5, 0.6) is 5.75 Å². The van der Waals surface area contributed by atoms with Gasteiger partial charge in [-0.3, -0.25) is 0 Å². The number of aromatic nitrogens is 1. The highest BCUT2D eigenvalue weighted by molar-refractivity contribution is 14.0. The lowest BCUT2D eigenvalue weighted by molar-refractivity contribution is -0.274. The molecule has 0 spiro atoms. The summed E-state index contributed by atoms with van der Waals surface area (Å²) >= 11 is 0. The molecule has 0 aliphatic carbocycles. The van der Waals surface area contributed by atoms with Gasteiger partial charge in [0.25, 0.3) is 0 Å². The van der Waals surface area contributed by atoms with Crippen molar-refractivity contribution >= 4 is 41.4 Å². The predicted molar refractivity (Wildman–Crippen MR) is 121 cm³/mol. The minimum Gasteiger partial charge on any atom is -0.404 e. The molecule has 1 aromatic heterocycles. The van der Waals surface area contributed by atoms with E-state index in [0.29, 0.717) is 0 Å². The van der Waals surface area contributed by atoms with Gasteiger partial charge in [-0.05, 0) is 36.9 Å². The molecule has 1 aromatic carbocycles. The largest absolute Gasteiger partial charge is 0.573 e. The van der Waals surface area contributed by atoms with Crippen molar-refractivity contribution in [2.45, 2.75) is 12.9 Å². The number of rotatable bonds is 5. The highest BCUT2D eigenvalue weighted by Gasteiger charge is 2.32. The van der Waals surface area contributed by atoms with E-state index in [0.717, 1.165) is 37.6 Å². The average Bonchev–Trinajstić information content (AvgIpc) is 2.68. The predicted octanol–water partition coefficient (Wildman–Crippen LogP) is 3.28. The maximum absolute atomic E-state index is 12.5. The lowest BCUT2D eigenvalue weighted by Gasteiger charge is -2.33. The van der Waals surface area contributed by atoms with Crippen LogP contribution in [0.3, 0.4) is 0 Å². The number of likely N-dealkylation sites (N-methyl/N-ethyl adjacent to an activating group) is 1. The second kappa shape index (κ2) is 10.7. The summed E-state index contributed by atoms with van der Waals surface area (Å²) < 4.78 is 41.5. The van der Waals surface area contributed by atoms with Crippen LogP contribution >= 0.6 is 24.0 Å². The molecule has 1 aliphatic rings. The number of aliphatic imine (C=N–C) groups is 1. The molecule has 11 heteroatoms. The Hall–Kier alpha value is -2.28. The van der Waals surface area contributed by atoms with Crippen molar-refractivity contribution in [1.82, 2.24) is 9.88 Å². The average molecular weight is 536 g/mol. The highest BCUT2D eigenvalue weighted by Crippen LogP contribution is 2.29. The number of hydrogen-bond acceptors (Lipinski definition) is 5. The van der Waals surface area contributed by atoms with Gasteiger partial charge in [0.05, 0.1) is 12.2 Å². The number of ether oxygens (including phenoxy) is 1. The molecule has 3 N–H and O–H groups in total. The summed E-state index contributed by atoms with van der Waals surface area (Å²) in [5, 5.41) is 2.66. The van der Waals surface area contributed by atoms with Crippen LogP contribution in [0.15, 0.2) is 47.6 Å². The maximum atomic E-state index is 12.5. The van der Waals surface area contributed by atoms with Gasteiger partial charge in [-0.25, -0.2) is 9.98 Å². The number of para-hydroxylation sites is 2. The molecule has 0 amide bonds. The number of halogens is 4. The van der Waals surface area contributed by atoms with E-state index in [2.05, 4.69) is 36.9 Å². The van der Waals surface area contributed by atoms with Crippen molar-refractivity contribution in [3.05, 3.63) is 48.2 Å². The standard InChI is InChI=1S/C19H23F3N6O.HI/c1-27-8-10-28(11-9-27)17-12-14(6-7-24-17)13-25-18(23)26-15-4-2-3-5-16(15)29-19(20,21)22;/h2-7,12H,8-11,13H2,1H3,(H3,23,25,26);1H. The monoisotopic (exact) mass is 536 g/mol. The van der Waals surface area contributed by atoms with Gasteiger partial charge in [-0.15, -0.1) is 37.1 Å². The number of anilines is 2. The van der Waals surface area contributed by atoms with Crippen LogP contribution in [0.4, 0.5) is 24.7 Å². The number of nitrogens with zero attached hydrogens (tertiary/aromatic N) is 4. The van der Waals surface area contributed by atoms with E-state index in [1.807, 2.05) is 12.1 Å². The molecule has 1 saturated heterocycles. The summed E-state index contributed by atoms with van der Waals surface area (Å²) in [6.45, 7) is 4.01. The van der Waals surface area contributed by atoms with Crippen LogP contribution in [-0.4, -0.2) is 55.4 Å². The topological polar surface area (TPSA) is 79.0 Å². The molecule has 0 atom stereocenters. The van der Waals surface area contributed by atoms with Gasteiger partial charge < -0.3 is 25.6 Å². The van der Waals surface area contributed by atoms with E-state index in [1.54, 1.807) is 12.3 Å². The quantitative estimate of drug-likeness (QED) is 0.347. The van der Waals surface area contributed by atoms with Crippen LogP contribution < -0.4 is 20.7 Å². The summed E-state index contributed by atoms with van der Waals surface area (Å²) in [4.78, 5) is 13.1. The SMILES string of the molecule is CN1CCN(c2cc(CN=C(N)Nc3ccccc3OC(F)(F)F)ccn2)CC1.I. The number of benzene rings is 1. The van der Waals surface area contributed by atoms with E-state index < -0.39 is 6.36 Å². The van der Waals surface area contributed by atoms with Gasteiger partial charge in [0.15, 0.2) is 11.7 Å². The molecule has 2 heterocycles. The summed E-state index contributed by atoms with van der Waals surface area (Å²) in [5.74, 6) is 0.488. The molecule has 164 valence electrons. The lowest BCUT2D eigenvalue weighted by Crippen LogP contribution is -2.44. The third kappa shape index (κ3) is 7.20. The first-order valence-corrected chi connectivity index (χ1v) is 9.10. The van der Waals surface area contributed by atoms with E-state index in [1.165, 1.54) is 18.2 Å².